The lowest BCUT2D eigenvalue weighted by molar-refractivity contribution is -0.138. The largest absolute Gasteiger partial charge is 0.482 e. The van der Waals surface area contributed by atoms with Crippen molar-refractivity contribution >= 4 is 45.5 Å². The van der Waals surface area contributed by atoms with Crippen LogP contribution in [0.5, 0.6) is 5.75 Å². The molecule has 0 radical (unpaired) electrons. The fourth-order valence-corrected chi connectivity index (χ4v) is 3.40. The minimum absolute atomic E-state index is 0.0742. The van der Waals surface area contributed by atoms with Gasteiger partial charge in [0.05, 0.1) is 5.56 Å². The Bertz CT molecular complexity index is 1100. The third kappa shape index (κ3) is 8.26. The molecule has 0 spiro atoms. The molecule has 0 bridgehead atoms. The molecule has 12 heteroatoms. The van der Waals surface area contributed by atoms with E-state index in [2.05, 4.69) is 20.9 Å². The summed E-state index contributed by atoms with van der Waals surface area (Å²) in [6, 6.07) is 4.47. The predicted octanol–water partition coefficient (Wildman–Crippen LogP) is 8.33. The van der Waals surface area contributed by atoms with Crippen molar-refractivity contribution in [2.24, 2.45) is 0 Å². The fraction of sp³-hybridized carbons (Fsp3) is 0.458. The molecule has 1 aromatic heterocycles. The highest BCUT2D eigenvalue weighted by atomic mass is 79.9. The average Bonchev–Trinajstić information content (AvgIpc) is 2.66. The van der Waals surface area contributed by atoms with Crippen LogP contribution in [0.1, 0.15) is 65.7 Å². The molecule has 1 atom stereocenters. The van der Waals surface area contributed by atoms with Crippen LogP contribution < -0.4 is 9.64 Å². The second kappa shape index (κ2) is 10.8. The Labute approximate surface area is 221 Å². The lowest BCUT2D eigenvalue weighted by Gasteiger charge is -2.29. The Morgan fingerprint density at radius 2 is 1.53 bits per heavy atom. The lowest BCUT2D eigenvalue weighted by atomic mass is 10.0. The van der Waals surface area contributed by atoms with Gasteiger partial charge in [-0.3, -0.25) is 0 Å². The van der Waals surface area contributed by atoms with Gasteiger partial charge in [-0.25, -0.2) is 14.6 Å². The first-order valence-electron chi connectivity index (χ1n) is 10.7. The maximum absolute atomic E-state index is 13.6. The zero-order chi connectivity index (χ0) is 27.6. The number of pyridine rings is 1. The van der Waals surface area contributed by atoms with Crippen molar-refractivity contribution in [3.05, 3.63) is 51.1 Å². The number of anilines is 1. The molecule has 1 heterocycles. The molecule has 2 amide bonds. The van der Waals surface area contributed by atoms with Crippen LogP contribution in [0.4, 0.5) is 28.6 Å². The molecule has 0 saturated carbocycles. The van der Waals surface area contributed by atoms with Gasteiger partial charge in [0, 0.05) is 21.3 Å². The van der Waals surface area contributed by atoms with E-state index in [9.17, 15) is 22.8 Å². The fourth-order valence-electron chi connectivity index (χ4n) is 2.91. The van der Waals surface area contributed by atoms with Gasteiger partial charge >= 0.3 is 18.4 Å². The zero-order valence-electron chi connectivity index (χ0n) is 20.8. The summed E-state index contributed by atoms with van der Waals surface area (Å²) in [5, 5.41) is 0.0742. The number of imide groups is 1. The zero-order valence-corrected chi connectivity index (χ0v) is 23.1. The van der Waals surface area contributed by atoms with E-state index < -0.39 is 41.2 Å². The minimum atomic E-state index is -4.67. The first-order valence-corrected chi connectivity index (χ1v) is 11.9. The molecule has 7 nitrogen and oxygen atoms in total. The predicted molar refractivity (Wildman–Crippen MR) is 132 cm³/mol. The summed E-state index contributed by atoms with van der Waals surface area (Å²) in [5.74, 6) is -0.508. The minimum Gasteiger partial charge on any atom is -0.482 e. The maximum Gasteiger partial charge on any atom is 0.425 e. The smallest absolute Gasteiger partial charge is 0.425 e. The number of aromatic nitrogens is 1. The molecule has 36 heavy (non-hydrogen) atoms. The van der Waals surface area contributed by atoms with Crippen LogP contribution in [0.15, 0.2) is 34.9 Å². The molecule has 2 rings (SSSR count). The second-order valence-corrected chi connectivity index (χ2v) is 11.1. The van der Waals surface area contributed by atoms with Crippen molar-refractivity contribution < 1.29 is 37.0 Å². The van der Waals surface area contributed by atoms with Gasteiger partial charge < -0.3 is 14.2 Å². The highest BCUT2D eigenvalue weighted by molar-refractivity contribution is 9.10. The average molecular weight is 596 g/mol. The molecular weight excluding hydrogens is 569 g/mol. The third-order valence-corrected chi connectivity index (χ3v) is 4.89. The summed E-state index contributed by atoms with van der Waals surface area (Å²) in [6.45, 7) is 11.0. The van der Waals surface area contributed by atoms with E-state index in [0.29, 0.717) is 9.37 Å². The van der Waals surface area contributed by atoms with Gasteiger partial charge in [0.25, 0.3) is 0 Å². The van der Waals surface area contributed by atoms with Crippen molar-refractivity contribution in [1.82, 2.24) is 4.98 Å². The molecule has 0 fully saturated rings. The number of carbonyl (C=O) groups is 2. The van der Waals surface area contributed by atoms with Crippen molar-refractivity contribution in [2.45, 2.75) is 71.9 Å². The number of hydrogen-bond acceptors (Lipinski definition) is 6. The monoisotopic (exact) mass is 594 g/mol. The molecule has 0 N–H and O–H groups in total. The quantitative estimate of drug-likeness (QED) is 0.354. The summed E-state index contributed by atoms with van der Waals surface area (Å²) in [6.07, 6.45) is -6.82. The maximum atomic E-state index is 13.6. The van der Waals surface area contributed by atoms with Gasteiger partial charge in [0.15, 0.2) is 11.6 Å². The van der Waals surface area contributed by atoms with E-state index in [1.54, 1.807) is 41.5 Å². The number of carbonyl (C=O) groups excluding carboxylic acids is 2. The molecule has 0 saturated heterocycles. The number of amides is 2. The summed E-state index contributed by atoms with van der Waals surface area (Å²) >= 11 is 9.18. The summed E-state index contributed by atoms with van der Waals surface area (Å²) in [5.41, 5.74) is -3.16. The van der Waals surface area contributed by atoms with Crippen LogP contribution >= 0.6 is 27.5 Å². The number of halogens is 5. The number of nitrogens with zero attached hydrogens (tertiary/aromatic N) is 2. The van der Waals surface area contributed by atoms with Crippen LogP contribution in [0.25, 0.3) is 0 Å². The van der Waals surface area contributed by atoms with E-state index in [4.69, 9.17) is 25.8 Å². The van der Waals surface area contributed by atoms with Crippen LogP contribution in [-0.2, 0) is 15.7 Å². The summed E-state index contributed by atoms with van der Waals surface area (Å²) < 4.78 is 57.8. The van der Waals surface area contributed by atoms with E-state index in [1.165, 1.54) is 19.2 Å². The highest BCUT2D eigenvalue weighted by Crippen LogP contribution is 2.39. The molecule has 0 aliphatic rings. The van der Waals surface area contributed by atoms with E-state index >= 15 is 0 Å². The molecular formula is C24H27BrClF3N2O5. The summed E-state index contributed by atoms with van der Waals surface area (Å²) in [4.78, 5) is 30.7. The van der Waals surface area contributed by atoms with Gasteiger partial charge in [0.2, 0.25) is 0 Å². The molecule has 1 unspecified atom stereocenters. The van der Waals surface area contributed by atoms with Gasteiger partial charge in [-0.05, 0) is 88.7 Å². The van der Waals surface area contributed by atoms with Crippen LogP contribution in [0.3, 0.4) is 0 Å². The second-order valence-electron chi connectivity index (χ2n) is 9.76. The van der Waals surface area contributed by atoms with Gasteiger partial charge in [-0.15, -0.1) is 0 Å². The van der Waals surface area contributed by atoms with Gasteiger partial charge in [0.1, 0.15) is 17.3 Å². The van der Waals surface area contributed by atoms with Crippen molar-refractivity contribution in [1.29, 1.82) is 0 Å². The summed E-state index contributed by atoms with van der Waals surface area (Å²) in [7, 11) is 0. The Morgan fingerprint density at radius 3 is 2.00 bits per heavy atom. The van der Waals surface area contributed by atoms with E-state index in [1.807, 2.05) is 0 Å². The molecule has 198 valence electrons. The first-order chi connectivity index (χ1) is 16.3. The van der Waals surface area contributed by atoms with E-state index in [0.717, 1.165) is 18.2 Å². The molecule has 1 aromatic carbocycles. The lowest BCUT2D eigenvalue weighted by Crippen LogP contribution is -2.44. The Kier molecular flexibility index (Phi) is 8.94. The van der Waals surface area contributed by atoms with Gasteiger partial charge in [-0.1, -0.05) is 11.6 Å². The third-order valence-electron chi connectivity index (χ3n) is 4.22. The number of ether oxygens (including phenoxy) is 3. The number of hydrogen-bond donors (Lipinski definition) is 0. The van der Waals surface area contributed by atoms with Crippen LogP contribution in [0, 0.1) is 0 Å². The Balaban J connectivity index is 2.60. The van der Waals surface area contributed by atoms with Crippen molar-refractivity contribution in [2.75, 3.05) is 4.90 Å². The van der Waals surface area contributed by atoms with Crippen LogP contribution in [0.2, 0.25) is 5.02 Å². The standard InChI is InChI=1S/C24H27BrClF3N2O5/c1-13(16-11-15(26)8-9-17(16)24(27,28)29)34-18-10-14(25)12-30-19(18)31(20(32)35-22(2,3)4)21(33)36-23(5,6)7/h8-13H,1-7H3. The normalized spacial score (nSPS) is 13.1. The number of benzene rings is 1. The first kappa shape index (κ1) is 29.7. The number of alkyl halides is 3. The highest BCUT2D eigenvalue weighted by Gasteiger charge is 2.38. The van der Waals surface area contributed by atoms with Crippen molar-refractivity contribution in [3.63, 3.8) is 0 Å². The van der Waals surface area contributed by atoms with Gasteiger partial charge in [-0.2, -0.15) is 18.1 Å². The Morgan fingerprint density at radius 1 is 1.00 bits per heavy atom. The molecule has 0 aliphatic carbocycles. The van der Waals surface area contributed by atoms with Crippen molar-refractivity contribution in [3.8, 4) is 5.75 Å². The van der Waals surface area contributed by atoms with E-state index in [-0.39, 0.29) is 22.2 Å². The van der Waals surface area contributed by atoms with Crippen LogP contribution in [-0.4, -0.2) is 28.4 Å². The Hall–Kier alpha value is -2.53. The molecule has 0 aliphatic heterocycles. The topological polar surface area (TPSA) is 78.0 Å². The SMILES string of the molecule is CC(Oc1cc(Br)cnc1N(C(=O)OC(C)(C)C)C(=O)OC(C)(C)C)c1cc(Cl)ccc1C(F)(F)F. The number of rotatable bonds is 4. The molecule has 2 aromatic rings.